The van der Waals surface area contributed by atoms with Crippen LogP contribution in [0.4, 0.5) is 0 Å². The Morgan fingerprint density at radius 2 is 2.00 bits per heavy atom. The zero-order chi connectivity index (χ0) is 12.4. The van der Waals surface area contributed by atoms with Gasteiger partial charge in [0.25, 0.3) is 0 Å². The van der Waals surface area contributed by atoms with E-state index in [1.54, 1.807) is 6.26 Å². The summed E-state index contributed by atoms with van der Waals surface area (Å²) in [5, 5.41) is 2.99. The van der Waals surface area contributed by atoms with Gasteiger partial charge in [-0.3, -0.25) is 4.79 Å². The van der Waals surface area contributed by atoms with Gasteiger partial charge in [-0.2, -0.15) is 0 Å². The number of nitrogens with one attached hydrogen (secondary N) is 1. The van der Waals surface area contributed by atoms with Crippen molar-refractivity contribution in [1.29, 1.82) is 0 Å². The van der Waals surface area contributed by atoms with Crippen LogP contribution in [0.1, 0.15) is 18.4 Å². The topological polar surface area (TPSA) is 42.2 Å². The highest BCUT2D eigenvalue weighted by atomic mass is 16.3. The van der Waals surface area contributed by atoms with E-state index in [-0.39, 0.29) is 5.91 Å². The zero-order valence-electron chi connectivity index (χ0n) is 10.1. The lowest BCUT2D eigenvalue weighted by Gasteiger charge is -2.04. The van der Waals surface area contributed by atoms with Gasteiger partial charge in [-0.05, 0) is 30.5 Å². The van der Waals surface area contributed by atoms with E-state index >= 15 is 0 Å². The van der Waals surface area contributed by atoms with Crippen molar-refractivity contribution < 1.29 is 9.21 Å². The molecule has 1 fully saturated rings. The van der Waals surface area contributed by atoms with Crippen molar-refractivity contribution in [2.24, 2.45) is 0 Å². The van der Waals surface area contributed by atoms with Crippen LogP contribution in [0, 0.1) is 0 Å². The van der Waals surface area contributed by atoms with Crippen molar-refractivity contribution >= 4 is 5.91 Å². The summed E-state index contributed by atoms with van der Waals surface area (Å²) in [7, 11) is 0. The SMILES string of the molecule is O=C(Cc1ccc(-c2ccco2)cc1)NC1CC1. The van der Waals surface area contributed by atoms with Crippen LogP contribution in [-0.2, 0) is 11.2 Å². The van der Waals surface area contributed by atoms with Crippen LogP contribution in [-0.4, -0.2) is 11.9 Å². The highest BCUT2D eigenvalue weighted by molar-refractivity contribution is 5.79. The molecular weight excluding hydrogens is 226 g/mol. The summed E-state index contributed by atoms with van der Waals surface area (Å²) < 4.78 is 5.32. The van der Waals surface area contributed by atoms with Crippen LogP contribution >= 0.6 is 0 Å². The smallest absolute Gasteiger partial charge is 0.224 e. The highest BCUT2D eigenvalue weighted by Crippen LogP contribution is 2.21. The van der Waals surface area contributed by atoms with Crippen LogP contribution in [0.25, 0.3) is 11.3 Å². The molecule has 3 heteroatoms. The summed E-state index contributed by atoms with van der Waals surface area (Å²) >= 11 is 0. The predicted molar refractivity (Wildman–Crippen MR) is 69.0 cm³/mol. The van der Waals surface area contributed by atoms with Gasteiger partial charge >= 0.3 is 0 Å². The lowest BCUT2D eigenvalue weighted by molar-refractivity contribution is -0.120. The second-order valence-electron chi connectivity index (χ2n) is 4.69. The molecule has 0 saturated heterocycles. The molecule has 1 aliphatic carbocycles. The Morgan fingerprint density at radius 3 is 2.61 bits per heavy atom. The molecule has 0 atom stereocenters. The molecule has 0 spiro atoms. The van der Waals surface area contributed by atoms with Gasteiger partial charge in [-0.15, -0.1) is 0 Å². The molecular formula is C15H15NO2. The standard InChI is InChI=1S/C15H15NO2/c17-15(16-13-7-8-13)10-11-3-5-12(6-4-11)14-2-1-9-18-14/h1-6,9,13H,7-8,10H2,(H,16,17). The summed E-state index contributed by atoms with van der Waals surface area (Å²) in [6.07, 6.45) is 4.37. The third-order valence-electron chi connectivity index (χ3n) is 3.07. The second kappa shape index (κ2) is 4.69. The van der Waals surface area contributed by atoms with Crippen LogP contribution < -0.4 is 5.32 Å². The average Bonchev–Trinajstić information content (AvgIpc) is 3.01. The Hall–Kier alpha value is -2.03. The molecule has 1 amide bonds. The molecule has 0 bridgehead atoms. The van der Waals surface area contributed by atoms with Gasteiger partial charge in [-0.25, -0.2) is 0 Å². The lowest BCUT2D eigenvalue weighted by atomic mass is 10.1. The maximum absolute atomic E-state index is 11.6. The number of benzene rings is 1. The largest absolute Gasteiger partial charge is 0.464 e. The lowest BCUT2D eigenvalue weighted by Crippen LogP contribution is -2.26. The van der Waals surface area contributed by atoms with E-state index in [1.165, 1.54) is 0 Å². The molecule has 1 N–H and O–H groups in total. The third-order valence-corrected chi connectivity index (χ3v) is 3.07. The van der Waals surface area contributed by atoms with E-state index in [4.69, 9.17) is 4.42 Å². The zero-order valence-corrected chi connectivity index (χ0v) is 10.1. The average molecular weight is 241 g/mol. The fourth-order valence-corrected chi connectivity index (χ4v) is 1.92. The third kappa shape index (κ3) is 2.62. The van der Waals surface area contributed by atoms with Crippen LogP contribution in [0.15, 0.2) is 47.1 Å². The van der Waals surface area contributed by atoms with Crippen molar-refractivity contribution in [3.05, 3.63) is 48.2 Å². The molecule has 1 saturated carbocycles. The van der Waals surface area contributed by atoms with Gasteiger partial charge in [0.1, 0.15) is 5.76 Å². The van der Waals surface area contributed by atoms with Crippen molar-refractivity contribution in [3.8, 4) is 11.3 Å². The Morgan fingerprint density at radius 1 is 1.22 bits per heavy atom. The quantitative estimate of drug-likeness (QED) is 0.894. The number of hydrogen-bond donors (Lipinski definition) is 1. The van der Waals surface area contributed by atoms with Crippen LogP contribution in [0.5, 0.6) is 0 Å². The molecule has 3 nitrogen and oxygen atoms in total. The van der Waals surface area contributed by atoms with Gasteiger partial charge in [0.05, 0.1) is 12.7 Å². The van der Waals surface area contributed by atoms with Crippen LogP contribution in [0.2, 0.25) is 0 Å². The molecule has 0 aliphatic heterocycles. The first-order valence-corrected chi connectivity index (χ1v) is 6.23. The van der Waals surface area contributed by atoms with E-state index in [1.807, 2.05) is 36.4 Å². The summed E-state index contributed by atoms with van der Waals surface area (Å²) in [5.74, 6) is 0.965. The van der Waals surface area contributed by atoms with Crippen molar-refractivity contribution in [2.75, 3.05) is 0 Å². The molecule has 1 aromatic carbocycles. The molecule has 0 unspecified atom stereocenters. The van der Waals surface area contributed by atoms with Crippen molar-refractivity contribution in [3.63, 3.8) is 0 Å². The fourth-order valence-electron chi connectivity index (χ4n) is 1.92. The van der Waals surface area contributed by atoms with Gasteiger partial charge < -0.3 is 9.73 Å². The first-order chi connectivity index (χ1) is 8.81. The highest BCUT2D eigenvalue weighted by Gasteiger charge is 2.22. The van der Waals surface area contributed by atoms with Gasteiger partial charge in [0.2, 0.25) is 5.91 Å². The number of rotatable bonds is 4. The van der Waals surface area contributed by atoms with E-state index < -0.39 is 0 Å². The summed E-state index contributed by atoms with van der Waals surface area (Å²) in [4.78, 5) is 11.6. The Balaban J connectivity index is 1.65. The fraction of sp³-hybridized carbons (Fsp3) is 0.267. The molecule has 1 heterocycles. The first-order valence-electron chi connectivity index (χ1n) is 6.23. The van der Waals surface area contributed by atoms with Crippen molar-refractivity contribution in [2.45, 2.75) is 25.3 Å². The van der Waals surface area contributed by atoms with E-state index in [0.29, 0.717) is 12.5 Å². The summed E-state index contributed by atoms with van der Waals surface area (Å²) in [6, 6.07) is 12.1. The molecule has 1 aromatic heterocycles. The number of carbonyl (C=O) groups excluding carboxylic acids is 1. The van der Waals surface area contributed by atoms with Gasteiger partial charge in [0, 0.05) is 11.6 Å². The number of hydrogen-bond acceptors (Lipinski definition) is 2. The Bertz CT molecular complexity index is 524. The number of carbonyl (C=O) groups is 1. The molecule has 2 aromatic rings. The molecule has 92 valence electrons. The number of furan rings is 1. The van der Waals surface area contributed by atoms with E-state index in [9.17, 15) is 4.79 Å². The Labute approximate surface area is 106 Å². The monoisotopic (exact) mass is 241 g/mol. The number of amides is 1. The van der Waals surface area contributed by atoms with Gasteiger partial charge in [-0.1, -0.05) is 24.3 Å². The normalized spacial score (nSPS) is 14.4. The molecule has 1 aliphatic rings. The van der Waals surface area contributed by atoms with Crippen LogP contribution in [0.3, 0.4) is 0 Å². The van der Waals surface area contributed by atoms with Crippen molar-refractivity contribution in [1.82, 2.24) is 5.32 Å². The predicted octanol–water partition coefficient (Wildman–Crippen LogP) is 2.77. The second-order valence-corrected chi connectivity index (χ2v) is 4.69. The summed E-state index contributed by atoms with van der Waals surface area (Å²) in [6.45, 7) is 0. The first kappa shape index (κ1) is 11.1. The minimum Gasteiger partial charge on any atom is -0.464 e. The molecule has 3 rings (SSSR count). The maximum Gasteiger partial charge on any atom is 0.224 e. The van der Waals surface area contributed by atoms with Gasteiger partial charge in [0.15, 0.2) is 0 Å². The Kier molecular flexibility index (Phi) is 2.89. The van der Waals surface area contributed by atoms with E-state index in [0.717, 1.165) is 29.7 Å². The van der Waals surface area contributed by atoms with E-state index in [2.05, 4.69) is 5.32 Å². The minimum atomic E-state index is 0.114. The molecule has 18 heavy (non-hydrogen) atoms. The minimum absolute atomic E-state index is 0.114. The summed E-state index contributed by atoms with van der Waals surface area (Å²) in [5.41, 5.74) is 2.06. The molecule has 0 radical (unpaired) electrons. The maximum atomic E-state index is 11.6.